The number of methoxy groups -OCH3 is 1. The van der Waals surface area contributed by atoms with Gasteiger partial charge in [0, 0.05) is 10.6 Å². The SMILES string of the molecule is COC(=O)C1C2NC(=S)NC1(C)Oc1c(Cl)cc(Cl)cc12. The first-order valence-electron chi connectivity index (χ1n) is 6.20. The predicted molar refractivity (Wildman–Crippen MR) is 82.6 cm³/mol. The fourth-order valence-corrected chi connectivity index (χ4v) is 3.72. The second kappa shape index (κ2) is 4.90. The highest BCUT2D eigenvalue weighted by atomic mass is 35.5. The lowest BCUT2D eigenvalue weighted by atomic mass is 9.80. The zero-order valence-electron chi connectivity index (χ0n) is 11.2. The second-order valence-electron chi connectivity index (χ2n) is 5.09. The van der Waals surface area contributed by atoms with Crippen molar-refractivity contribution in [1.29, 1.82) is 0 Å². The first kappa shape index (κ1) is 14.7. The Bertz CT molecular complexity index is 655. The zero-order valence-corrected chi connectivity index (χ0v) is 13.5. The second-order valence-corrected chi connectivity index (χ2v) is 6.34. The molecule has 8 heteroatoms. The molecule has 5 nitrogen and oxygen atoms in total. The summed E-state index contributed by atoms with van der Waals surface area (Å²) in [6.45, 7) is 1.74. The zero-order chi connectivity index (χ0) is 15.4. The summed E-state index contributed by atoms with van der Waals surface area (Å²) < 4.78 is 10.8. The van der Waals surface area contributed by atoms with Crippen molar-refractivity contribution < 1.29 is 14.3 Å². The third-order valence-electron chi connectivity index (χ3n) is 3.72. The van der Waals surface area contributed by atoms with Crippen molar-refractivity contribution in [3.63, 3.8) is 0 Å². The Morgan fingerprint density at radius 2 is 2.19 bits per heavy atom. The van der Waals surface area contributed by atoms with Crippen LogP contribution in [0.5, 0.6) is 5.75 Å². The van der Waals surface area contributed by atoms with Gasteiger partial charge in [0.2, 0.25) is 0 Å². The van der Waals surface area contributed by atoms with Crippen LogP contribution in [0.1, 0.15) is 18.5 Å². The van der Waals surface area contributed by atoms with Crippen LogP contribution in [-0.4, -0.2) is 23.9 Å². The minimum atomic E-state index is -1.04. The van der Waals surface area contributed by atoms with E-state index in [2.05, 4.69) is 10.6 Å². The number of benzene rings is 1. The number of hydrogen-bond donors (Lipinski definition) is 2. The number of esters is 1. The molecule has 0 aliphatic carbocycles. The quantitative estimate of drug-likeness (QED) is 0.601. The largest absolute Gasteiger partial charge is 0.469 e. The number of fused-ring (bicyclic) bond motifs is 4. The van der Waals surface area contributed by atoms with E-state index in [1.165, 1.54) is 7.11 Å². The molecule has 1 saturated heterocycles. The third-order valence-corrected chi connectivity index (χ3v) is 4.44. The standard InChI is InChI=1S/C13H12Cl2N2O3S/c1-13-8(11(18)19-2)9(16-12(21)17-13)6-3-5(14)4-7(15)10(6)20-13/h3-4,8-9H,1-2H3,(H2,16,17,21). The highest BCUT2D eigenvalue weighted by Gasteiger charge is 2.56. The molecular weight excluding hydrogens is 335 g/mol. The Hall–Kier alpha value is -1.24. The topological polar surface area (TPSA) is 59.6 Å². The van der Waals surface area contributed by atoms with Crippen LogP contribution < -0.4 is 15.4 Å². The summed E-state index contributed by atoms with van der Waals surface area (Å²) in [6.07, 6.45) is 0. The number of carbonyl (C=O) groups excluding carboxylic acids is 1. The van der Waals surface area contributed by atoms with E-state index < -0.39 is 23.7 Å². The van der Waals surface area contributed by atoms with Gasteiger partial charge in [-0.1, -0.05) is 23.2 Å². The van der Waals surface area contributed by atoms with Crippen molar-refractivity contribution in [1.82, 2.24) is 10.6 Å². The smallest absolute Gasteiger partial charge is 0.317 e. The number of halogens is 2. The van der Waals surface area contributed by atoms with Gasteiger partial charge in [0.1, 0.15) is 11.7 Å². The van der Waals surface area contributed by atoms with Gasteiger partial charge in [-0.05, 0) is 31.3 Å². The number of carbonyl (C=O) groups is 1. The maximum atomic E-state index is 12.2. The van der Waals surface area contributed by atoms with Crippen LogP contribution in [0.2, 0.25) is 10.0 Å². The van der Waals surface area contributed by atoms with Gasteiger partial charge in [0.15, 0.2) is 10.8 Å². The van der Waals surface area contributed by atoms with Gasteiger partial charge in [0.05, 0.1) is 18.2 Å². The number of hydrogen-bond acceptors (Lipinski definition) is 4. The summed E-state index contributed by atoms with van der Waals surface area (Å²) in [5.74, 6) is -0.556. The molecule has 2 aliphatic rings. The molecule has 3 unspecified atom stereocenters. The molecule has 3 rings (SSSR count). The monoisotopic (exact) mass is 346 g/mol. The van der Waals surface area contributed by atoms with Crippen molar-refractivity contribution in [3.8, 4) is 5.75 Å². The first-order valence-corrected chi connectivity index (χ1v) is 7.36. The molecule has 1 aromatic rings. The molecule has 1 aromatic carbocycles. The maximum absolute atomic E-state index is 12.2. The summed E-state index contributed by atoms with van der Waals surface area (Å²) in [5.41, 5.74) is -0.353. The van der Waals surface area contributed by atoms with Gasteiger partial charge < -0.3 is 20.1 Å². The van der Waals surface area contributed by atoms with Crippen molar-refractivity contribution in [2.24, 2.45) is 5.92 Å². The Morgan fingerprint density at radius 1 is 1.48 bits per heavy atom. The van der Waals surface area contributed by atoms with E-state index in [1.54, 1.807) is 19.1 Å². The van der Waals surface area contributed by atoms with E-state index in [1.807, 2.05) is 0 Å². The summed E-state index contributed by atoms with van der Waals surface area (Å²) in [6, 6.07) is 2.89. The molecule has 0 saturated carbocycles. The summed E-state index contributed by atoms with van der Waals surface area (Å²) in [5, 5.41) is 7.28. The van der Waals surface area contributed by atoms with Crippen LogP contribution in [0.25, 0.3) is 0 Å². The number of rotatable bonds is 1. The van der Waals surface area contributed by atoms with Gasteiger partial charge in [0.25, 0.3) is 0 Å². The van der Waals surface area contributed by atoms with Gasteiger partial charge in [-0.15, -0.1) is 0 Å². The molecule has 1 fully saturated rings. The van der Waals surface area contributed by atoms with Crippen LogP contribution in [0.15, 0.2) is 12.1 Å². The van der Waals surface area contributed by atoms with Crippen molar-refractivity contribution in [2.45, 2.75) is 18.7 Å². The Kier molecular flexibility index (Phi) is 3.43. The molecule has 0 amide bonds. The van der Waals surface area contributed by atoms with E-state index in [0.29, 0.717) is 26.5 Å². The highest BCUT2D eigenvalue weighted by molar-refractivity contribution is 7.80. The summed E-state index contributed by atoms with van der Waals surface area (Å²) in [4.78, 5) is 12.2. The van der Waals surface area contributed by atoms with Crippen molar-refractivity contribution >= 4 is 46.5 Å². The third kappa shape index (κ3) is 2.22. The lowest BCUT2D eigenvalue weighted by Gasteiger charge is -2.50. The molecule has 3 atom stereocenters. The maximum Gasteiger partial charge on any atom is 0.317 e. The number of thiocarbonyl (C=S) groups is 1. The van der Waals surface area contributed by atoms with E-state index in [0.717, 1.165) is 0 Å². The Morgan fingerprint density at radius 3 is 2.86 bits per heavy atom. The van der Waals surface area contributed by atoms with Crippen LogP contribution in [0.3, 0.4) is 0 Å². The Labute approximate surface area is 136 Å². The van der Waals surface area contributed by atoms with Crippen LogP contribution in [0, 0.1) is 5.92 Å². The first-order chi connectivity index (χ1) is 9.85. The summed E-state index contributed by atoms with van der Waals surface area (Å²) in [7, 11) is 1.33. The average molecular weight is 347 g/mol. The lowest BCUT2D eigenvalue weighted by Crippen LogP contribution is -2.70. The van der Waals surface area contributed by atoms with Crippen LogP contribution in [-0.2, 0) is 9.53 Å². The van der Waals surface area contributed by atoms with Crippen molar-refractivity contribution in [3.05, 3.63) is 27.7 Å². The molecule has 112 valence electrons. The fraction of sp³-hybridized carbons (Fsp3) is 0.385. The van der Waals surface area contributed by atoms with E-state index >= 15 is 0 Å². The van der Waals surface area contributed by atoms with Gasteiger partial charge in [-0.2, -0.15) is 0 Å². The molecule has 0 aromatic heterocycles. The van der Waals surface area contributed by atoms with Gasteiger partial charge in [-0.3, -0.25) is 4.79 Å². The fourth-order valence-electron chi connectivity index (χ4n) is 2.85. The number of ether oxygens (including phenoxy) is 2. The lowest BCUT2D eigenvalue weighted by molar-refractivity contribution is -0.159. The molecule has 2 heterocycles. The van der Waals surface area contributed by atoms with E-state index in [9.17, 15) is 4.79 Å². The number of nitrogens with one attached hydrogen (secondary N) is 2. The normalized spacial score (nSPS) is 29.6. The van der Waals surface area contributed by atoms with E-state index in [-0.39, 0.29) is 0 Å². The van der Waals surface area contributed by atoms with Crippen molar-refractivity contribution in [2.75, 3.05) is 7.11 Å². The molecule has 21 heavy (non-hydrogen) atoms. The average Bonchev–Trinajstić information content (AvgIpc) is 2.38. The van der Waals surface area contributed by atoms with Gasteiger partial charge in [-0.25, -0.2) is 0 Å². The predicted octanol–water partition coefficient (Wildman–Crippen LogP) is 2.41. The van der Waals surface area contributed by atoms with Crippen LogP contribution >= 0.6 is 35.4 Å². The molecule has 2 N–H and O–H groups in total. The minimum absolute atomic E-state index is 0.383. The summed E-state index contributed by atoms with van der Waals surface area (Å²) >= 11 is 17.4. The molecule has 2 aliphatic heterocycles. The minimum Gasteiger partial charge on any atom is -0.469 e. The molecule has 0 spiro atoms. The van der Waals surface area contributed by atoms with Gasteiger partial charge >= 0.3 is 5.97 Å². The molecule has 0 radical (unpaired) electrons. The Balaban J connectivity index is 2.20. The van der Waals surface area contributed by atoms with Crippen LogP contribution in [0.4, 0.5) is 0 Å². The molecule has 2 bridgehead atoms. The highest BCUT2D eigenvalue weighted by Crippen LogP contribution is 2.48. The van der Waals surface area contributed by atoms with E-state index in [4.69, 9.17) is 44.9 Å². The molecular formula is C13H12Cl2N2O3S.